The van der Waals surface area contributed by atoms with Crippen LogP contribution in [0.5, 0.6) is 5.75 Å². The van der Waals surface area contributed by atoms with Crippen LogP contribution in [0, 0.1) is 6.92 Å². The van der Waals surface area contributed by atoms with Crippen LogP contribution in [0.1, 0.15) is 23.8 Å². The highest BCUT2D eigenvalue weighted by molar-refractivity contribution is 5.27. The molecule has 0 spiro atoms. The van der Waals surface area contributed by atoms with Crippen molar-refractivity contribution in [3.05, 3.63) is 53.5 Å². The molecule has 0 aliphatic heterocycles. The minimum atomic E-state index is 0.542. The van der Waals surface area contributed by atoms with E-state index >= 15 is 0 Å². The van der Waals surface area contributed by atoms with E-state index in [9.17, 15) is 0 Å². The predicted octanol–water partition coefficient (Wildman–Crippen LogP) is 3.28. The van der Waals surface area contributed by atoms with Crippen LogP contribution in [-0.2, 0) is 13.2 Å². The molecule has 2 rings (SSSR count). The van der Waals surface area contributed by atoms with Gasteiger partial charge in [-0.25, -0.2) is 0 Å². The molecule has 0 saturated heterocycles. The smallest absolute Gasteiger partial charge is 0.124 e. The van der Waals surface area contributed by atoms with Gasteiger partial charge in [0.15, 0.2) is 0 Å². The third-order valence-corrected chi connectivity index (χ3v) is 2.79. The van der Waals surface area contributed by atoms with Crippen molar-refractivity contribution in [3.63, 3.8) is 0 Å². The minimum absolute atomic E-state index is 0.542. The molecule has 0 fully saturated rings. The lowest BCUT2D eigenvalue weighted by Gasteiger charge is -2.07. The molecule has 3 nitrogen and oxygen atoms in total. The summed E-state index contributed by atoms with van der Waals surface area (Å²) in [5, 5.41) is 3.25. The zero-order chi connectivity index (χ0) is 12.8. The zero-order valence-corrected chi connectivity index (χ0v) is 10.9. The molecule has 1 aromatic carbocycles. The molecule has 3 heteroatoms. The van der Waals surface area contributed by atoms with E-state index in [1.165, 1.54) is 5.56 Å². The Morgan fingerprint density at radius 2 is 1.94 bits per heavy atom. The van der Waals surface area contributed by atoms with Crippen molar-refractivity contribution in [2.75, 3.05) is 6.54 Å². The number of hydrogen-bond acceptors (Lipinski definition) is 3. The molecule has 0 aliphatic rings. The second-order valence-corrected chi connectivity index (χ2v) is 4.25. The van der Waals surface area contributed by atoms with Gasteiger partial charge in [-0.3, -0.25) is 0 Å². The number of hydrogen-bond donors (Lipinski definition) is 1. The SMILES string of the molecule is CCNCc1occc1COc1ccc(C)cc1. The third kappa shape index (κ3) is 3.37. The van der Waals surface area contributed by atoms with Gasteiger partial charge >= 0.3 is 0 Å². The van der Waals surface area contributed by atoms with E-state index in [1.807, 2.05) is 30.3 Å². The summed E-state index contributed by atoms with van der Waals surface area (Å²) in [5.41, 5.74) is 2.33. The van der Waals surface area contributed by atoms with Crippen molar-refractivity contribution in [2.45, 2.75) is 27.0 Å². The predicted molar refractivity (Wildman–Crippen MR) is 71.6 cm³/mol. The highest BCUT2D eigenvalue weighted by atomic mass is 16.5. The summed E-state index contributed by atoms with van der Waals surface area (Å²) in [4.78, 5) is 0. The molecule has 0 unspecified atom stereocenters. The van der Waals surface area contributed by atoms with Gasteiger partial charge in [0.1, 0.15) is 18.1 Å². The second-order valence-electron chi connectivity index (χ2n) is 4.25. The Bertz CT molecular complexity index is 473. The molecular formula is C15H19NO2. The molecule has 2 aromatic rings. The highest BCUT2D eigenvalue weighted by Gasteiger charge is 2.06. The summed E-state index contributed by atoms with van der Waals surface area (Å²) in [5.74, 6) is 1.83. The fraction of sp³-hybridized carbons (Fsp3) is 0.333. The number of rotatable bonds is 6. The summed E-state index contributed by atoms with van der Waals surface area (Å²) in [6.07, 6.45) is 1.71. The van der Waals surface area contributed by atoms with Crippen LogP contribution < -0.4 is 10.1 Å². The van der Waals surface area contributed by atoms with Crippen LogP contribution in [0.3, 0.4) is 0 Å². The molecule has 18 heavy (non-hydrogen) atoms. The van der Waals surface area contributed by atoms with E-state index in [0.29, 0.717) is 6.61 Å². The number of benzene rings is 1. The van der Waals surface area contributed by atoms with Crippen molar-refractivity contribution >= 4 is 0 Å². The highest BCUT2D eigenvalue weighted by Crippen LogP contribution is 2.16. The van der Waals surface area contributed by atoms with Gasteiger partial charge in [0.05, 0.1) is 12.8 Å². The maximum Gasteiger partial charge on any atom is 0.124 e. The fourth-order valence-corrected chi connectivity index (χ4v) is 1.68. The van der Waals surface area contributed by atoms with E-state index in [1.54, 1.807) is 6.26 Å². The van der Waals surface area contributed by atoms with Gasteiger partial charge < -0.3 is 14.5 Å². The van der Waals surface area contributed by atoms with Crippen LogP contribution in [-0.4, -0.2) is 6.54 Å². The first-order valence-electron chi connectivity index (χ1n) is 6.25. The van der Waals surface area contributed by atoms with E-state index in [2.05, 4.69) is 19.2 Å². The molecule has 96 valence electrons. The van der Waals surface area contributed by atoms with Gasteiger partial charge in [0.2, 0.25) is 0 Å². The van der Waals surface area contributed by atoms with Crippen LogP contribution >= 0.6 is 0 Å². The maximum atomic E-state index is 5.74. The van der Waals surface area contributed by atoms with E-state index < -0.39 is 0 Å². The van der Waals surface area contributed by atoms with Gasteiger partial charge in [-0.2, -0.15) is 0 Å². The fourth-order valence-electron chi connectivity index (χ4n) is 1.68. The summed E-state index contributed by atoms with van der Waals surface area (Å²) in [6, 6.07) is 10.0. The Labute approximate surface area is 108 Å². The molecular weight excluding hydrogens is 226 g/mol. The van der Waals surface area contributed by atoms with Crippen molar-refractivity contribution < 1.29 is 9.15 Å². The molecule has 0 bridgehead atoms. The van der Waals surface area contributed by atoms with Gasteiger partial charge in [-0.15, -0.1) is 0 Å². The van der Waals surface area contributed by atoms with Crippen molar-refractivity contribution in [2.24, 2.45) is 0 Å². The standard InChI is InChI=1S/C15H19NO2/c1-3-16-10-15-13(8-9-17-15)11-18-14-6-4-12(2)5-7-14/h4-9,16H,3,10-11H2,1-2H3. The largest absolute Gasteiger partial charge is 0.489 e. The molecule has 0 radical (unpaired) electrons. The second kappa shape index (κ2) is 6.26. The lowest BCUT2D eigenvalue weighted by atomic mass is 10.2. The topological polar surface area (TPSA) is 34.4 Å². The maximum absolute atomic E-state index is 5.74. The van der Waals surface area contributed by atoms with Crippen molar-refractivity contribution in [1.82, 2.24) is 5.32 Å². The minimum Gasteiger partial charge on any atom is -0.489 e. The average Bonchev–Trinajstić information content (AvgIpc) is 2.83. The van der Waals surface area contributed by atoms with Crippen LogP contribution in [0.15, 0.2) is 41.0 Å². The van der Waals surface area contributed by atoms with Crippen LogP contribution in [0.25, 0.3) is 0 Å². The first kappa shape index (κ1) is 12.7. The first-order chi connectivity index (χ1) is 8.79. The lowest BCUT2D eigenvalue weighted by molar-refractivity contribution is 0.301. The molecule has 1 aromatic heterocycles. The Hall–Kier alpha value is -1.74. The van der Waals surface area contributed by atoms with E-state index in [0.717, 1.165) is 30.2 Å². The number of aryl methyl sites for hydroxylation is 1. The first-order valence-corrected chi connectivity index (χ1v) is 6.25. The quantitative estimate of drug-likeness (QED) is 0.848. The molecule has 0 aliphatic carbocycles. The monoisotopic (exact) mass is 245 g/mol. The van der Waals surface area contributed by atoms with Gasteiger partial charge in [0, 0.05) is 5.56 Å². The third-order valence-electron chi connectivity index (χ3n) is 2.79. The summed E-state index contributed by atoms with van der Waals surface area (Å²) >= 11 is 0. The van der Waals surface area contributed by atoms with Crippen molar-refractivity contribution in [1.29, 1.82) is 0 Å². The Kier molecular flexibility index (Phi) is 4.42. The summed E-state index contributed by atoms with van der Waals surface area (Å²) in [6.45, 7) is 6.36. The van der Waals surface area contributed by atoms with Gasteiger partial charge in [-0.1, -0.05) is 24.6 Å². The van der Waals surface area contributed by atoms with E-state index in [-0.39, 0.29) is 0 Å². The van der Waals surface area contributed by atoms with Crippen LogP contribution in [0.4, 0.5) is 0 Å². The lowest BCUT2D eigenvalue weighted by Crippen LogP contribution is -2.12. The van der Waals surface area contributed by atoms with E-state index in [4.69, 9.17) is 9.15 Å². The Morgan fingerprint density at radius 1 is 1.17 bits per heavy atom. The molecule has 0 saturated carbocycles. The number of nitrogens with one attached hydrogen (secondary N) is 1. The molecule has 1 heterocycles. The zero-order valence-electron chi connectivity index (χ0n) is 10.9. The van der Waals surface area contributed by atoms with Crippen molar-refractivity contribution in [3.8, 4) is 5.75 Å². The summed E-state index contributed by atoms with van der Waals surface area (Å²) in [7, 11) is 0. The van der Waals surface area contributed by atoms with Crippen LogP contribution in [0.2, 0.25) is 0 Å². The number of ether oxygens (including phenoxy) is 1. The molecule has 0 atom stereocenters. The summed E-state index contributed by atoms with van der Waals surface area (Å²) < 4.78 is 11.2. The Morgan fingerprint density at radius 3 is 2.67 bits per heavy atom. The van der Waals surface area contributed by atoms with Gasteiger partial charge in [-0.05, 0) is 31.7 Å². The molecule has 0 amide bonds. The van der Waals surface area contributed by atoms with Gasteiger partial charge in [0.25, 0.3) is 0 Å². The number of furan rings is 1. The normalized spacial score (nSPS) is 10.6. The average molecular weight is 245 g/mol. The molecule has 1 N–H and O–H groups in total. The Balaban J connectivity index is 1.93.